The average Bonchev–Trinajstić information content (AvgIpc) is 2.61. The molecule has 0 radical (unpaired) electrons. The molecule has 2 N–H and O–H groups in total. The zero-order valence-corrected chi connectivity index (χ0v) is 15.2. The maximum absolute atomic E-state index is 12.5. The Morgan fingerprint density at radius 1 is 1.00 bits per heavy atom. The van der Waals surface area contributed by atoms with Crippen molar-refractivity contribution in [2.24, 2.45) is 0 Å². The van der Waals surface area contributed by atoms with Gasteiger partial charge in [0.2, 0.25) is 5.91 Å². The van der Waals surface area contributed by atoms with Gasteiger partial charge in [0, 0.05) is 18.7 Å². The number of esters is 1. The van der Waals surface area contributed by atoms with Crippen LogP contribution < -0.4 is 14.8 Å². The fourth-order valence-corrected chi connectivity index (χ4v) is 3.21. The summed E-state index contributed by atoms with van der Waals surface area (Å²) >= 11 is 0. The Hall–Kier alpha value is -3.07. The Morgan fingerprint density at radius 2 is 1.65 bits per heavy atom. The van der Waals surface area contributed by atoms with Crippen molar-refractivity contribution >= 4 is 33.3 Å². The first-order valence-corrected chi connectivity index (χ1v) is 8.92. The Kier molecular flexibility index (Phi) is 5.83. The van der Waals surface area contributed by atoms with Crippen molar-refractivity contribution in [2.75, 3.05) is 24.3 Å². The summed E-state index contributed by atoms with van der Waals surface area (Å²) in [5.74, 6) is -0.607. The molecule has 1 amide bonds. The summed E-state index contributed by atoms with van der Waals surface area (Å²) in [7, 11) is -1.26. The van der Waals surface area contributed by atoms with Crippen molar-refractivity contribution in [3.8, 4) is 5.75 Å². The van der Waals surface area contributed by atoms with Gasteiger partial charge in [0.05, 0.1) is 30.4 Å². The third-order valence-corrected chi connectivity index (χ3v) is 4.73. The number of rotatable bonds is 6. The van der Waals surface area contributed by atoms with Crippen LogP contribution in [0.25, 0.3) is 0 Å². The highest BCUT2D eigenvalue weighted by Crippen LogP contribution is 2.28. The molecular weight excluding hydrogens is 360 g/mol. The number of methoxy groups -OCH3 is 2. The number of amides is 1. The molecule has 9 heteroatoms. The van der Waals surface area contributed by atoms with E-state index in [9.17, 15) is 18.0 Å². The molecule has 8 nitrogen and oxygen atoms in total. The summed E-state index contributed by atoms with van der Waals surface area (Å²) in [5.41, 5.74) is 0.945. The molecule has 0 aliphatic rings. The van der Waals surface area contributed by atoms with Crippen LogP contribution in [0.5, 0.6) is 5.75 Å². The molecule has 2 rings (SSSR count). The number of ether oxygens (including phenoxy) is 2. The number of carbonyl (C=O) groups excluding carboxylic acids is 2. The van der Waals surface area contributed by atoms with Crippen LogP contribution >= 0.6 is 0 Å². The highest BCUT2D eigenvalue weighted by molar-refractivity contribution is 7.92. The zero-order chi connectivity index (χ0) is 19.3. The summed E-state index contributed by atoms with van der Waals surface area (Å²) in [4.78, 5) is 22.5. The molecule has 0 heterocycles. The number of nitrogens with one attached hydrogen (secondary N) is 2. The average molecular weight is 378 g/mol. The summed E-state index contributed by atoms with van der Waals surface area (Å²) in [5, 5.41) is 2.55. The molecule has 26 heavy (non-hydrogen) atoms. The lowest BCUT2D eigenvalue weighted by molar-refractivity contribution is -0.114. The molecule has 0 fully saturated rings. The second-order valence-electron chi connectivity index (χ2n) is 5.22. The molecule has 0 aromatic heterocycles. The predicted molar refractivity (Wildman–Crippen MR) is 95.9 cm³/mol. The van der Waals surface area contributed by atoms with Crippen LogP contribution in [-0.4, -0.2) is 34.5 Å². The van der Waals surface area contributed by atoms with Gasteiger partial charge >= 0.3 is 5.97 Å². The van der Waals surface area contributed by atoms with Gasteiger partial charge in [0.25, 0.3) is 10.0 Å². The molecular formula is C17H18N2O6S. The van der Waals surface area contributed by atoms with Gasteiger partial charge in [-0.1, -0.05) is 0 Å². The van der Waals surface area contributed by atoms with Crippen LogP contribution in [0.15, 0.2) is 47.4 Å². The van der Waals surface area contributed by atoms with E-state index >= 15 is 0 Å². The van der Waals surface area contributed by atoms with Crippen molar-refractivity contribution in [1.29, 1.82) is 0 Å². The van der Waals surface area contributed by atoms with E-state index in [4.69, 9.17) is 4.74 Å². The Labute approximate surface area is 151 Å². The largest absolute Gasteiger partial charge is 0.495 e. The van der Waals surface area contributed by atoms with Gasteiger partial charge in [0.15, 0.2) is 0 Å². The number of anilines is 2. The fraction of sp³-hybridized carbons (Fsp3) is 0.176. The third-order valence-electron chi connectivity index (χ3n) is 3.35. The Bertz CT molecular complexity index is 923. The van der Waals surface area contributed by atoms with Gasteiger partial charge in [-0.3, -0.25) is 9.52 Å². The highest BCUT2D eigenvalue weighted by atomic mass is 32.2. The van der Waals surface area contributed by atoms with Gasteiger partial charge < -0.3 is 14.8 Å². The molecule has 0 saturated heterocycles. The highest BCUT2D eigenvalue weighted by Gasteiger charge is 2.17. The first-order valence-electron chi connectivity index (χ1n) is 7.43. The van der Waals surface area contributed by atoms with Crippen LogP contribution in [0, 0.1) is 0 Å². The van der Waals surface area contributed by atoms with E-state index < -0.39 is 16.0 Å². The Balaban J connectivity index is 2.27. The van der Waals surface area contributed by atoms with Crippen LogP contribution in [0.4, 0.5) is 11.4 Å². The van der Waals surface area contributed by atoms with Gasteiger partial charge in [-0.25, -0.2) is 13.2 Å². The topological polar surface area (TPSA) is 111 Å². The third kappa shape index (κ3) is 4.51. The van der Waals surface area contributed by atoms with Crippen molar-refractivity contribution in [3.63, 3.8) is 0 Å². The van der Waals surface area contributed by atoms with Crippen molar-refractivity contribution in [3.05, 3.63) is 48.0 Å². The second kappa shape index (κ2) is 7.87. The van der Waals surface area contributed by atoms with E-state index in [0.717, 1.165) is 0 Å². The monoisotopic (exact) mass is 378 g/mol. The van der Waals surface area contributed by atoms with Crippen molar-refractivity contribution < 1.29 is 27.5 Å². The van der Waals surface area contributed by atoms with Crippen LogP contribution in [0.3, 0.4) is 0 Å². The SMILES string of the molecule is COC(=O)c1ccc(NS(=O)(=O)c2ccc(NC(C)=O)c(OC)c2)cc1. The molecule has 2 aromatic rings. The van der Waals surface area contributed by atoms with Crippen LogP contribution in [0.1, 0.15) is 17.3 Å². The second-order valence-corrected chi connectivity index (χ2v) is 6.90. The lowest BCUT2D eigenvalue weighted by atomic mass is 10.2. The van der Waals surface area contributed by atoms with E-state index in [1.165, 1.54) is 63.6 Å². The minimum atomic E-state index is -3.89. The van der Waals surface area contributed by atoms with Crippen LogP contribution in [-0.2, 0) is 19.6 Å². The molecule has 0 saturated carbocycles. The van der Waals surface area contributed by atoms with E-state index in [1.54, 1.807) is 0 Å². The first-order chi connectivity index (χ1) is 12.3. The lowest BCUT2D eigenvalue weighted by Gasteiger charge is -2.12. The predicted octanol–water partition coefficient (Wildman–Crippen LogP) is 2.24. The first kappa shape index (κ1) is 19.3. The van der Waals surface area contributed by atoms with E-state index in [2.05, 4.69) is 14.8 Å². The van der Waals surface area contributed by atoms with Gasteiger partial charge in [-0.05, 0) is 36.4 Å². The number of hydrogen-bond donors (Lipinski definition) is 2. The molecule has 2 aromatic carbocycles. The summed E-state index contributed by atoms with van der Waals surface area (Å²) < 4.78 is 37.2. The van der Waals surface area contributed by atoms with E-state index in [0.29, 0.717) is 11.3 Å². The number of benzene rings is 2. The molecule has 0 aliphatic carbocycles. The van der Waals surface area contributed by atoms with Crippen molar-refractivity contribution in [1.82, 2.24) is 0 Å². The number of sulfonamides is 1. The standard InChI is InChI=1S/C17H18N2O6S/c1-11(20)18-15-9-8-14(10-16(15)24-2)26(22,23)19-13-6-4-12(5-7-13)17(21)25-3/h4-10,19H,1-3H3,(H,18,20). The molecule has 138 valence electrons. The summed E-state index contributed by atoms with van der Waals surface area (Å²) in [6, 6.07) is 9.89. The minimum Gasteiger partial charge on any atom is -0.495 e. The van der Waals surface area contributed by atoms with Gasteiger partial charge in [0.1, 0.15) is 5.75 Å². The normalized spacial score (nSPS) is 10.7. The molecule has 0 atom stereocenters. The number of hydrogen-bond acceptors (Lipinski definition) is 6. The zero-order valence-electron chi connectivity index (χ0n) is 14.4. The maximum Gasteiger partial charge on any atom is 0.337 e. The molecule has 0 unspecified atom stereocenters. The number of carbonyl (C=O) groups is 2. The molecule has 0 aliphatic heterocycles. The fourth-order valence-electron chi connectivity index (χ4n) is 2.14. The quantitative estimate of drug-likeness (QED) is 0.746. The summed E-state index contributed by atoms with van der Waals surface area (Å²) in [6.07, 6.45) is 0. The van der Waals surface area contributed by atoms with Crippen LogP contribution in [0.2, 0.25) is 0 Å². The van der Waals surface area contributed by atoms with Crippen molar-refractivity contribution in [2.45, 2.75) is 11.8 Å². The van der Waals surface area contributed by atoms with Gasteiger partial charge in [-0.2, -0.15) is 0 Å². The molecule has 0 spiro atoms. The smallest absolute Gasteiger partial charge is 0.337 e. The molecule has 0 bridgehead atoms. The maximum atomic E-state index is 12.5. The Morgan fingerprint density at radius 3 is 2.19 bits per heavy atom. The van der Waals surface area contributed by atoms with E-state index in [1.807, 2.05) is 0 Å². The van der Waals surface area contributed by atoms with Gasteiger partial charge in [-0.15, -0.1) is 0 Å². The lowest BCUT2D eigenvalue weighted by Crippen LogP contribution is -2.14. The van der Waals surface area contributed by atoms with E-state index in [-0.39, 0.29) is 22.2 Å². The summed E-state index contributed by atoms with van der Waals surface area (Å²) in [6.45, 7) is 1.34. The minimum absolute atomic E-state index is 0.0412.